The third-order valence-corrected chi connectivity index (χ3v) is 2.84. The van der Waals surface area contributed by atoms with E-state index in [0.717, 1.165) is 11.6 Å². The van der Waals surface area contributed by atoms with E-state index in [9.17, 15) is 18.0 Å². The first-order chi connectivity index (χ1) is 8.48. The van der Waals surface area contributed by atoms with E-state index in [1.54, 1.807) is 16.8 Å². The average molecular weight is 272 g/mol. The monoisotopic (exact) mass is 272 g/mol. The number of carbonyl (C=O) groups is 1. The minimum absolute atomic E-state index is 0.137. The molecular weight excluding hydrogens is 265 g/mol. The van der Waals surface area contributed by atoms with Gasteiger partial charge < -0.3 is 4.74 Å². The maximum atomic E-state index is 12.1. The standard InChI is InChI=1S/C12H7F3O2S/c13-12(14,15)17-11-4-8(6-16)3-10(5-11)9-1-2-18-7-9/h1-7H. The maximum Gasteiger partial charge on any atom is 0.573 e. The van der Waals surface area contributed by atoms with Crippen LogP contribution in [-0.4, -0.2) is 12.6 Å². The highest BCUT2D eigenvalue weighted by atomic mass is 32.1. The van der Waals surface area contributed by atoms with Crippen LogP contribution in [0.3, 0.4) is 0 Å². The molecule has 2 aromatic rings. The van der Waals surface area contributed by atoms with Crippen LogP contribution in [0.2, 0.25) is 0 Å². The van der Waals surface area contributed by atoms with Crippen LogP contribution in [-0.2, 0) is 0 Å². The Morgan fingerprint density at radius 3 is 2.50 bits per heavy atom. The fourth-order valence-electron chi connectivity index (χ4n) is 1.48. The van der Waals surface area contributed by atoms with Gasteiger partial charge in [-0.15, -0.1) is 13.2 Å². The topological polar surface area (TPSA) is 26.3 Å². The van der Waals surface area contributed by atoms with Crippen molar-refractivity contribution in [2.75, 3.05) is 0 Å². The molecule has 0 spiro atoms. The third kappa shape index (κ3) is 3.10. The zero-order valence-electron chi connectivity index (χ0n) is 8.90. The average Bonchev–Trinajstić information content (AvgIpc) is 2.79. The minimum atomic E-state index is -4.77. The zero-order chi connectivity index (χ0) is 13.2. The molecule has 0 saturated carbocycles. The van der Waals surface area contributed by atoms with Crippen molar-refractivity contribution in [3.05, 3.63) is 40.6 Å². The summed E-state index contributed by atoms with van der Waals surface area (Å²) in [6.07, 6.45) is -4.29. The minimum Gasteiger partial charge on any atom is -0.406 e. The molecule has 0 amide bonds. The quantitative estimate of drug-likeness (QED) is 0.785. The third-order valence-electron chi connectivity index (χ3n) is 2.15. The molecule has 18 heavy (non-hydrogen) atoms. The smallest absolute Gasteiger partial charge is 0.406 e. The second-order valence-electron chi connectivity index (χ2n) is 3.47. The normalized spacial score (nSPS) is 11.3. The Balaban J connectivity index is 2.42. The van der Waals surface area contributed by atoms with Gasteiger partial charge in [0.1, 0.15) is 12.0 Å². The molecule has 0 radical (unpaired) electrons. The molecule has 0 unspecified atom stereocenters. The van der Waals surface area contributed by atoms with Gasteiger partial charge in [-0.25, -0.2) is 0 Å². The summed E-state index contributed by atoms with van der Waals surface area (Å²) in [5, 5.41) is 3.58. The van der Waals surface area contributed by atoms with Gasteiger partial charge in [0.25, 0.3) is 0 Å². The lowest BCUT2D eigenvalue weighted by atomic mass is 10.1. The van der Waals surface area contributed by atoms with E-state index in [-0.39, 0.29) is 5.56 Å². The molecule has 0 bridgehead atoms. The van der Waals surface area contributed by atoms with E-state index in [1.807, 2.05) is 0 Å². The number of thiophene rings is 1. The van der Waals surface area contributed by atoms with Crippen LogP contribution in [0.25, 0.3) is 11.1 Å². The van der Waals surface area contributed by atoms with Gasteiger partial charge in [-0.1, -0.05) is 0 Å². The Morgan fingerprint density at radius 2 is 1.94 bits per heavy atom. The first kappa shape index (κ1) is 12.6. The van der Waals surface area contributed by atoms with E-state index in [0.29, 0.717) is 11.8 Å². The van der Waals surface area contributed by atoms with E-state index >= 15 is 0 Å². The SMILES string of the molecule is O=Cc1cc(OC(F)(F)F)cc(-c2ccsc2)c1. The fraction of sp³-hybridized carbons (Fsp3) is 0.0833. The van der Waals surface area contributed by atoms with E-state index in [2.05, 4.69) is 4.74 Å². The summed E-state index contributed by atoms with van der Waals surface area (Å²) in [5.74, 6) is -0.395. The summed E-state index contributed by atoms with van der Waals surface area (Å²) in [4.78, 5) is 10.7. The van der Waals surface area contributed by atoms with E-state index in [1.165, 1.54) is 23.5 Å². The zero-order valence-corrected chi connectivity index (χ0v) is 9.72. The molecular formula is C12H7F3O2S. The molecule has 2 nitrogen and oxygen atoms in total. The van der Waals surface area contributed by atoms with Crippen molar-refractivity contribution < 1.29 is 22.7 Å². The lowest BCUT2D eigenvalue weighted by Gasteiger charge is -2.10. The van der Waals surface area contributed by atoms with Gasteiger partial charge in [-0.05, 0) is 46.2 Å². The van der Waals surface area contributed by atoms with Crippen LogP contribution in [0, 0.1) is 0 Å². The number of hydrogen-bond donors (Lipinski definition) is 0. The van der Waals surface area contributed by atoms with Gasteiger partial charge in [0.2, 0.25) is 0 Å². The number of benzene rings is 1. The van der Waals surface area contributed by atoms with Crippen molar-refractivity contribution in [2.45, 2.75) is 6.36 Å². The van der Waals surface area contributed by atoms with Crippen LogP contribution in [0.15, 0.2) is 35.0 Å². The van der Waals surface area contributed by atoms with Crippen molar-refractivity contribution in [3.63, 3.8) is 0 Å². The molecule has 94 valence electrons. The summed E-state index contributed by atoms with van der Waals surface area (Å²) in [5.41, 5.74) is 1.40. The first-order valence-electron chi connectivity index (χ1n) is 4.86. The Kier molecular flexibility index (Phi) is 3.38. The molecule has 0 atom stereocenters. The summed E-state index contributed by atoms with van der Waals surface area (Å²) in [6, 6.07) is 5.57. The highest BCUT2D eigenvalue weighted by Gasteiger charge is 2.31. The van der Waals surface area contributed by atoms with Gasteiger partial charge in [0, 0.05) is 5.56 Å². The lowest BCUT2D eigenvalue weighted by molar-refractivity contribution is -0.274. The van der Waals surface area contributed by atoms with Gasteiger partial charge in [-0.2, -0.15) is 11.3 Å². The van der Waals surface area contributed by atoms with Crippen LogP contribution in [0.1, 0.15) is 10.4 Å². The molecule has 0 N–H and O–H groups in total. The molecule has 2 rings (SSSR count). The molecule has 0 aliphatic carbocycles. The number of alkyl halides is 3. The predicted molar refractivity (Wildman–Crippen MR) is 61.8 cm³/mol. The molecule has 0 aliphatic heterocycles. The molecule has 0 saturated heterocycles. The van der Waals surface area contributed by atoms with Crippen LogP contribution < -0.4 is 4.74 Å². The Morgan fingerprint density at radius 1 is 1.17 bits per heavy atom. The molecule has 6 heteroatoms. The number of halogens is 3. The van der Waals surface area contributed by atoms with Crippen LogP contribution >= 0.6 is 11.3 Å². The summed E-state index contributed by atoms with van der Waals surface area (Å²) in [7, 11) is 0. The number of hydrogen-bond acceptors (Lipinski definition) is 3. The highest BCUT2D eigenvalue weighted by molar-refractivity contribution is 7.08. The van der Waals surface area contributed by atoms with Gasteiger partial charge >= 0.3 is 6.36 Å². The number of carbonyl (C=O) groups excluding carboxylic acids is 1. The fourth-order valence-corrected chi connectivity index (χ4v) is 2.14. The molecule has 1 aromatic heterocycles. The number of rotatable bonds is 3. The van der Waals surface area contributed by atoms with E-state index < -0.39 is 12.1 Å². The molecule has 0 aliphatic rings. The molecule has 1 heterocycles. The Labute approximate surface area is 105 Å². The second-order valence-corrected chi connectivity index (χ2v) is 4.25. The van der Waals surface area contributed by atoms with Crippen molar-refractivity contribution in [2.24, 2.45) is 0 Å². The summed E-state index contributed by atoms with van der Waals surface area (Å²) in [6.45, 7) is 0. The Bertz CT molecular complexity index is 547. The van der Waals surface area contributed by atoms with Crippen LogP contribution in [0.5, 0.6) is 5.75 Å². The van der Waals surface area contributed by atoms with Crippen molar-refractivity contribution in [1.82, 2.24) is 0 Å². The molecule has 1 aromatic carbocycles. The maximum absolute atomic E-state index is 12.1. The lowest BCUT2D eigenvalue weighted by Crippen LogP contribution is -2.17. The van der Waals surface area contributed by atoms with Gasteiger partial charge in [-0.3, -0.25) is 4.79 Å². The number of aldehydes is 1. The van der Waals surface area contributed by atoms with E-state index in [4.69, 9.17) is 0 Å². The summed E-state index contributed by atoms with van der Waals surface area (Å²) >= 11 is 1.42. The highest BCUT2D eigenvalue weighted by Crippen LogP contribution is 2.30. The summed E-state index contributed by atoms with van der Waals surface area (Å²) < 4.78 is 40.3. The predicted octanol–water partition coefficient (Wildman–Crippen LogP) is 4.13. The van der Waals surface area contributed by atoms with Gasteiger partial charge in [0.05, 0.1) is 0 Å². The molecule has 0 fully saturated rings. The number of ether oxygens (including phenoxy) is 1. The van der Waals surface area contributed by atoms with Crippen molar-refractivity contribution >= 4 is 17.6 Å². The van der Waals surface area contributed by atoms with Gasteiger partial charge in [0.15, 0.2) is 0 Å². The van der Waals surface area contributed by atoms with Crippen molar-refractivity contribution in [1.29, 1.82) is 0 Å². The second kappa shape index (κ2) is 4.81. The Hall–Kier alpha value is -1.82. The largest absolute Gasteiger partial charge is 0.573 e. The van der Waals surface area contributed by atoms with Crippen molar-refractivity contribution in [3.8, 4) is 16.9 Å². The van der Waals surface area contributed by atoms with Crippen LogP contribution in [0.4, 0.5) is 13.2 Å². The first-order valence-corrected chi connectivity index (χ1v) is 5.81.